The van der Waals surface area contributed by atoms with Crippen LogP contribution in [0.4, 0.5) is 10.5 Å². The lowest BCUT2D eigenvalue weighted by atomic mass is 10.2. The molecule has 1 aromatic heterocycles. The van der Waals surface area contributed by atoms with Gasteiger partial charge >= 0.3 is 6.03 Å². The van der Waals surface area contributed by atoms with Crippen LogP contribution in [0, 0.1) is 0 Å². The molecule has 136 valence electrons. The first-order chi connectivity index (χ1) is 12.0. The topological polar surface area (TPSA) is 71.4 Å². The number of nitrogens with zero attached hydrogens (tertiary/aromatic N) is 3. The van der Waals surface area contributed by atoms with Crippen molar-refractivity contribution in [2.75, 3.05) is 32.6 Å². The first-order valence-corrected chi connectivity index (χ1v) is 8.45. The van der Waals surface area contributed by atoms with Gasteiger partial charge in [-0.1, -0.05) is 6.07 Å². The summed E-state index contributed by atoms with van der Waals surface area (Å²) in [6.45, 7) is 4.12. The first-order valence-electron chi connectivity index (χ1n) is 8.45. The number of hydrogen-bond acceptors (Lipinski definition) is 4. The van der Waals surface area contributed by atoms with Gasteiger partial charge in [0.2, 0.25) is 0 Å². The third-order valence-corrected chi connectivity index (χ3v) is 3.63. The molecule has 0 spiro atoms. The lowest BCUT2D eigenvalue weighted by Crippen LogP contribution is -2.37. The van der Waals surface area contributed by atoms with Crippen LogP contribution >= 0.6 is 0 Å². The highest BCUT2D eigenvalue weighted by Crippen LogP contribution is 2.17. The fraction of sp³-hybridized carbons (Fsp3) is 0.444. The quantitative estimate of drug-likeness (QED) is 0.732. The van der Waals surface area contributed by atoms with E-state index < -0.39 is 0 Å². The minimum absolute atomic E-state index is 0.107. The monoisotopic (exact) mass is 345 g/mol. The van der Waals surface area contributed by atoms with Crippen LogP contribution in [-0.2, 0) is 6.54 Å². The summed E-state index contributed by atoms with van der Waals surface area (Å²) in [5, 5.41) is 9.91. The van der Waals surface area contributed by atoms with Crippen molar-refractivity contribution in [3.05, 3.63) is 42.7 Å². The number of aromatic nitrogens is 2. The van der Waals surface area contributed by atoms with E-state index in [1.807, 2.05) is 62.2 Å². The zero-order chi connectivity index (χ0) is 18.1. The van der Waals surface area contributed by atoms with Crippen LogP contribution in [0.15, 0.2) is 42.7 Å². The maximum atomic E-state index is 12.1. The molecule has 1 aromatic carbocycles. The molecule has 2 N–H and O–H groups in total. The summed E-state index contributed by atoms with van der Waals surface area (Å²) in [6, 6.07) is 9.15. The van der Waals surface area contributed by atoms with Gasteiger partial charge in [-0.2, -0.15) is 5.10 Å². The fourth-order valence-corrected chi connectivity index (χ4v) is 2.27. The zero-order valence-corrected chi connectivity index (χ0v) is 15.1. The van der Waals surface area contributed by atoms with Crippen LogP contribution in [0.3, 0.4) is 0 Å². The van der Waals surface area contributed by atoms with Crippen molar-refractivity contribution in [2.24, 2.45) is 0 Å². The number of hydrogen-bond donors (Lipinski definition) is 2. The SMILES string of the molecule is C[C@H](CCN(C)C)NC(=O)Nc1cccc(OCCn2cccn2)c1. The lowest BCUT2D eigenvalue weighted by molar-refractivity contribution is 0.247. The summed E-state index contributed by atoms with van der Waals surface area (Å²) in [4.78, 5) is 14.2. The summed E-state index contributed by atoms with van der Waals surface area (Å²) >= 11 is 0. The molecule has 0 fully saturated rings. The second-order valence-corrected chi connectivity index (χ2v) is 6.24. The molecule has 25 heavy (non-hydrogen) atoms. The van der Waals surface area contributed by atoms with E-state index in [9.17, 15) is 4.79 Å². The zero-order valence-electron chi connectivity index (χ0n) is 15.1. The smallest absolute Gasteiger partial charge is 0.319 e. The van der Waals surface area contributed by atoms with Gasteiger partial charge in [-0.3, -0.25) is 4.68 Å². The predicted octanol–water partition coefficient (Wildman–Crippen LogP) is 2.42. The molecular weight excluding hydrogens is 318 g/mol. The second-order valence-electron chi connectivity index (χ2n) is 6.24. The van der Waals surface area contributed by atoms with Crippen molar-refractivity contribution >= 4 is 11.7 Å². The standard InChI is InChI=1S/C18H27N5O2/c1-15(8-11-22(2)3)20-18(24)21-16-6-4-7-17(14-16)25-13-12-23-10-5-9-19-23/h4-7,9-10,14-15H,8,11-13H2,1-3H3,(H2,20,21,24)/t15-/m1/s1. The highest BCUT2D eigenvalue weighted by molar-refractivity contribution is 5.89. The van der Waals surface area contributed by atoms with Crippen molar-refractivity contribution in [3.63, 3.8) is 0 Å². The van der Waals surface area contributed by atoms with E-state index in [4.69, 9.17) is 4.74 Å². The Morgan fingerprint density at radius 2 is 2.20 bits per heavy atom. The van der Waals surface area contributed by atoms with E-state index in [0.717, 1.165) is 13.0 Å². The van der Waals surface area contributed by atoms with Gasteiger partial charge < -0.3 is 20.3 Å². The van der Waals surface area contributed by atoms with Gasteiger partial charge in [0.1, 0.15) is 12.4 Å². The number of carbonyl (C=O) groups is 1. The maximum Gasteiger partial charge on any atom is 0.319 e. The van der Waals surface area contributed by atoms with Crippen molar-refractivity contribution < 1.29 is 9.53 Å². The number of amides is 2. The molecule has 7 heteroatoms. The van der Waals surface area contributed by atoms with Gasteiger partial charge in [0.25, 0.3) is 0 Å². The number of benzene rings is 1. The first kappa shape index (κ1) is 18.8. The summed E-state index contributed by atoms with van der Waals surface area (Å²) < 4.78 is 7.52. The van der Waals surface area contributed by atoms with Gasteiger partial charge in [-0.15, -0.1) is 0 Å². The second kappa shape index (κ2) is 9.68. The molecule has 0 radical (unpaired) electrons. The average molecular weight is 345 g/mol. The van der Waals surface area contributed by atoms with E-state index in [1.54, 1.807) is 6.20 Å². The van der Waals surface area contributed by atoms with Gasteiger partial charge in [0.05, 0.1) is 6.54 Å². The van der Waals surface area contributed by atoms with Crippen LogP contribution in [-0.4, -0.2) is 54.0 Å². The molecule has 0 saturated carbocycles. The van der Waals surface area contributed by atoms with Crippen LogP contribution < -0.4 is 15.4 Å². The number of rotatable bonds is 9. The molecule has 1 heterocycles. The molecule has 1 atom stereocenters. The average Bonchev–Trinajstić information content (AvgIpc) is 3.06. The molecule has 0 bridgehead atoms. The van der Waals surface area contributed by atoms with E-state index in [0.29, 0.717) is 24.6 Å². The van der Waals surface area contributed by atoms with Crippen molar-refractivity contribution in [1.82, 2.24) is 20.0 Å². The predicted molar refractivity (Wildman–Crippen MR) is 99.0 cm³/mol. The number of nitrogens with one attached hydrogen (secondary N) is 2. The van der Waals surface area contributed by atoms with Crippen molar-refractivity contribution in [3.8, 4) is 5.75 Å². The molecule has 2 aromatic rings. The Morgan fingerprint density at radius 1 is 1.36 bits per heavy atom. The molecular formula is C18H27N5O2. The van der Waals surface area contributed by atoms with E-state index in [-0.39, 0.29) is 12.1 Å². The third-order valence-electron chi connectivity index (χ3n) is 3.63. The molecule has 0 unspecified atom stereocenters. The van der Waals surface area contributed by atoms with Crippen LogP contribution in [0.5, 0.6) is 5.75 Å². The minimum Gasteiger partial charge on any atom is -0.492 e. The van der Waals surface area contributed by atoms with Crippen LogP contribution in [0.1, 0.15) is 13.3 Å². The number of carbonyl (C=O) groups excluding carboxylic acids is 1. The molecule has 0 aliphatic rings. The number of ether oxygens (including phenoxy) is 1. The summed E-state index contributed by atoms with van der Waals surface area (Å²) in [6.07, 6.45) is 4.53. The molecule has 0 aliphatic carbocycles. The van der Waals surface area contributed by atoms with Crippen molar-refractivity contribution in [1.29, 1.82) is 0 Å². The van der Waals surface area contributed by atoms with Gasteiger partial charge in [-0.05, 0) is 52.2 Å². The van der Waals surface area contributed by atoms with E-state index in [2.05, 4.69) is 20.6 Å². The Balaban J connectivity index is 1.76. The van der Waals surface area contributed by atoms with Gasteiger partial charge in [0.15, 0.2) is 0 Å². The number of anilines is 1. The molecule has 2 rings (SSSR count). The maximum absolute atomic E-state index is 12.1. The van der Waals surface area contributed by atoms with Gasteiger partial charge in [0, 0.05) is 30.2 Å². The largest absolute Gasteiger partial charge is 0.492 e. The Morgan fingerprint density at radius 3 is 2.92 bits per heavy atom. The van der Waals surface area contributed by atoms with Crippen LogP contribution in [0.2, 0.25) is 0 Å². The normalized spacial score (nSPS) is 12.0. The number of urea groups is 1. The Bertz CT molecular complexity index is 643. The lowest BCUT2D eigenvalue weighted by Gasteiger charge is -2.17. The van der Waals surface area contributed by atoms with Gasteiger partial charge in [-0.25, -0.2) is 4.79 Å². The minimum atomic E-state index is -0.208. The van der Waals surface area contributed by atoms with Crippen molar-refractivity contribution in [2.45, 2.75) is 25.9 Å². The third kappa shape index (κ3) is 7.26. The van der Waals surface area contributed by atoms with Crippen LogP contribution in [0.25, 0.3) is 0 Å². The molecule has 2 amide bonds. The fourth-order valence-electron chi connectivity index (χ4n) is 2.27. The molecule has 0 aliphatic heterocycles. The summed E-state index contributed by atoms with van der Waals surface area (Å²) in [5.41, 5.74) is 0.703. The molecule has 0 saturated heterocycles. The van der Waals surface area contributed by atoms with E-state index >= 15 is 0 Å². The Kier molecular flexibility index (Phi) is 7.28. The Labute approximate surface area is 149 Å². The summed E-state index contributed by atoms with van der Waals surface area (Å²) in [7, 11) is 4.04. The molecule has 7 nitrogen and oxygen atoms in total. The summed E-state index contributed by atoms with van der Waals surface area (Å²) in [5.74, 6) is 0.714. The van der Waals surface area contributed by atoms with E-state index in [1.165, 1.54) is 0 Å². The highest BCUT2D eigenvalue weighted by Gasteiger charge is 2.08. The highest BCUT2D eigenvalue weighted by atomic mass is 16.5. The Hall–Kier alpha value is -2.54.